The van der Waals surface area contributed by atoms with E-state index in [4.69, 9.17) is 16.3 Å². The van der Waals surface area contributed by atoms with E-state index >= 15 is 0 Å². The third-order valence-electron chi connectivity index (χ3n) is 3.00. The summed E-state index contributed by atoms with van der Waals surface area (Å²) >= 11 is 5.86. The molecule has 0 spiro atoms. The average Bonchev–Trinajstić information content (AvgIpc) is 2.34. The summed E-state index contributed by atoms with van der Waals surface area (Å²) in [5.41, 5.74) is -0.653. The van der Waals surface area contributed by atoms with Crippen molar-refractivity contribution in [3.05, 3.63) is 29.0 Å². The first-order chi connectivity index (χ1) is 10.4. The second-order valence-corrected chi connectivity index (χ2v) is 7.79. The maximum atomic E-state index is 13.7. The molecule has 4 nitrogen and oxygen atoms in total. The number of nitrogens with one attached hydrogen (secondary N) is 1. The second-order valence-electron chi connectivity index (χ2n) is 7.35. The normalized spacial score (nSPS) is 12.0. The van der Waals surface area contributed by atoms with Gasteiger partial charge in [0.1, 0.15) is 11.4 Å². The van der Waals surface area contributed by atoms with Gasteiger partial charge >= 0.3 is 6.09 Å². The predicted molar refractivity (Wildman–Crippen MR) is 92.6 cm³/mol. The third-order valence-corrected chi connectivity index (χ3v) is 3.24. The highest BCUT2D eigenvalue weighted by Crippen LogP contribution is 2.21. The highest BCUT2D eigenvalue weighted by molar-refractivity contribution is 6.30. The lowest BCUT2D eigenvalue weighted by Gasteiger charge is -2.37. The van der Waals surface area contributed by atoms with Crippen LogP contribution in [0.25, 0.3) is 0 Å². The van der Waals surface area contributed by atoms with Crippen LogP contribution in [0.15, 0.2) is 18.2 Å². The Morgan fingerprint density at radius 1 is 1.26 bits per heavy atom. The fourth-order valence-electron chi connectivity index (χ4n) is 1.95. The molecule has 1 amide bonds. The minimum Gasteiger partial charge on any atom is -0.444 e. The Morgan fingerprint density at radius 3 is 2.39 bits per heavy atom. The monoisotopic (exact) mass is 344 g/mol. The van der Waals surface area contributed by atoms with Gasteiger partial charge in [-0.3, -0.25) is 0 Å². The molecule has 0 aliphatic carbocycles. The molecule has 0 aliphatic rings. The molecular formula is C17H26ClFN2O2. The zero-order valence-electron chi connectivity index (χ0n) is 14.7. The summed E-state index contributed by atoms with van der Waals surface area (Å²) in [5, 5.41) is 3.42. The van der Waals surface area contributed by atoms with Crippen molar-refractivity contribution in [2.75, 3.05) is 18.4 Å². The van der Waals surface area contributed by atoms with Crippen molar-refractivity contribution in [2.45, 2.75) is 52.7 Å². The summed E-state index contributed by atoms with van der Waals surface area (Å²) in [7, 11) is 0. The molecule has 0 bridgehead atoms. The van der Waals surface area contributed by atoms with Crippen LogP contribution in [0.2, 0.25) is 5.02 Å². The molecule has 1 rings (SSSR count). The van der Waals surface area contributed by atoms with E-state index in [1.54, 1.807) is 4.90 Å². The van der Waals surface area contributed by atoms with E-state index in [0.29, 0.717) is 23.8 Å². The molecule has 0 aliphatic heterocycles. The van der Waals surface area contributed by atoms with E-state index in [2.05, 4.69) is 5.32 Å². The number of hydrogen-bond acceptors (Lipinski definition) is 3. The lowest BCUT2D eigenvalue weighted by molar-refractivity contribution is 0.00749. The van der Waals surface area contributed by atoms with Crippen LogP contribution in [0.5, 0.6) is 0 Å². The molecule has 23 heavy (non-hydrogen) atoms. The minimum atomic E-state index is -0.562. The molecule has 0 fully saturated rings. The Hall–Kier alpha value is -1.49. The number of ether oxygens (including phenoxy) is 1. The summed E-state index contributed by atoms with van der Waals surface area (Å²) < 4.78 is 19.1. The Morgan fingerprint density at radius 2 is 1.87 bits per heavy atom. The number of benzene rings is 1. The number of amides is 1. The summed E-state index contributed by atoms with van der Waals surface area (Å²) in [5.74, 6) is -0.381. The van der Waals surface area contributed by atoms with Gasteiger partial charge in [0.05, 0.1) is 5.69 Å². The van der Waals surface area contributed by atoms with Gasteiger partial charge in [0.2, 0.25) is 0 Å². The van der Waals surface area contributed by atoms with Gasteiger partial charge in [-0.2, -0.15) is 0 Å². The largest absolute Gasteiger partial charge is 0.444 e. The first-order valence-corrected chi connectivity index (χ1v) is 7.97. The molecule has 6 heteroatoms. The van der Waals surface area contributed by atoms with Crippen LogP contribution in [0.3, 0.4) is 0 Å². The fraction of sp³-hybridized carbons (Fsp3) is 0.588. The van der Waals surface area contributed by atoms with Crippen molar-refractivity contribution >= 4 is 23.4 Å². The van der Waals surface area contributed by atoms with Crippen molar-refractivity contribution < 1.29 is 13.9 Å². The van der Waals surface area contributed by atoms with Gasteiger partial charge in [-0.15, -0.1) is 0 Å². The van der Waals surface area contributed by atoms with Crippen LogP contribution >= 0.6 is 11.6 Å². The molecule has 0 heterocycles. The molecule has 130 valence electrons. The number of halogens is 2. The van der Waals surface area contributed by atoms with E-state index < -0.39 is 17.2 Å². The molecule has 0 saturated heterocycles. The highest BCUT2D eigenvalue weighted by Gasteiger charge is 2.30. The number of carbonyl (C=O) groups excluding carboxylic acids is 1. The summed E-state index contributed by atoms with van der Waals surface area (Å²) in [6.07, 6.45) is -0.390. The van der Waals surface area contributed by atoms with Crippen molar-refractivity contribution in [1.82, 2.24) is 4.90 Å². The van der Waals surface area contributed by atoms with Crippen LogP contribution < -0.4 is 5.32 Å². The Labute approximate surface area is 142 Å². The van der Waals surface area contributed by atoms with Gasteiger partial charge in [0.15, 0.2) is 0 Å². The molecule has 1 aromatic carbocycles. The number of hydrogen-bond donors (Lipinski definition) is 1. The average molecular weight is 345 g/mol. The second kappa shape index (κ2) is 7.39. The van der Waals surface area contributed by atoms with Crippen LogP contribution in [-0.4, -0.2) is 35.2 Å². The van der Waals surface area contributed by atoms with Gasteiger partial charge in [0, 0.05) is 23.7 Å². The first kappa shape index (κ1) is 19.6. The minimum absolute atomic E-state index is 0.315. The molecule has 0 atom stereocenters. The highest BCUT2D eigenvalue weighted by atomic mass is 35.5. The molecule has 1 N–H and O–H groups in total. The van der Waals surface area contributed by atoms with Crippen LogP contribution in [0.1, 0.15) is 41.5 Å². The van der Waals surface area contributed by atoms with Crippen molar-refractivity contribution in [1.29, 1.82) is 0 Å². The number of rotatable bonds is 4. The Bertz CT molecular complexity index is 551. The van der Waals surface area contributed by atoms with Gasteiger partial charge in [-0.05, 0) is 59.7 Å². The molecule has 0 saturated carbocycles. The van der Waals surface area contributed by atoms with Gasteiger partial charge in [-0.25, -0.2) is 9.18 Å². The lowest BCUT2D eigenvalue weighted by atomic mass is 10.1. The van der Waals surface area contributed by atoms with E-state index in [1.807, 2.05) is 41.5 Å². The smallest absolute Gasteiger partial charge is 0.410 e. The van der Waals surface area contributed by atoms with Crippen LogP contribution in [-0.2, 0) is 4.74 Å². The van der Waals surface area contributed by atoms with Crippen LogP contribution in [0, 0.1) is 5.82 Å². The fourth-order valence-corrected chi connectivity index (χ4v) is 2.13. The zero-order chi connectivity index (χ0) is 17.8. The summed E-state index contributed by atoms with van der Waals surface area (Å²) in [6, 6.07) is 4.32. The van der Waals surface area contributed by atoms with Gasteiger partial charge in [0.25, 0.3) is 0 Å². The van der Waals surface area contributed by atoms with Gasteiger partial charge in [-0.1, -0.05) is 11.6 Å². The van der Waals surface area contributed by atoms with E-state index in [-0.39, 0.29) is 5.82 Å². The van der Waals surface area contributed by atoms with Gasteiger partial charge < -0.3 is 15.0 Å². The van der Waals surface area contributed by atoms with E-state index in [0.717, 1.165) is 0 Å². The Balaban J connectivity index is 2.72. The molecule has 1 aromatic rings. The topological polar surface area (TPSA) is 41.6 Å². The van der Waals surface area contributed by atoms with Crippen molar-refractivity contribution in [3.8, 4) is 0 Å². The number of nitrogens with zero attached hydrogens (tertiary/aromatic N) is 1. The molecule has 0 unspecified atom stereocenters. The molecular weight excluding hydrogens is 319 g/mol. The quantitative estimate of drug-likeness (QED) is 0.842. The number of carbonyl (C=O) groups is 1. The standard InChI is InChI=1S/C17H26ClFN2O2/c1-16(2,3)21(15(22)23-17(4,5)6)10-9-20-14-11-12(18)7-8-13(14)19/h7-8,11,20H,9-10H2,1-6H3. The predicted octanol–water partition coefficient (Wildman–Crippen LogP) is 4.93. The maximum absolute atomic E-state index is 13.7. The Kier molecular flexibility index (Phi) is 6.28. The first-order valence-electron chi connectivity index (χ1n) is 7.60. The zero-order valence-corrected chi connectivity index (χ0v) is 15.4. The van der Waals surface area contributed by atoms with E-state index in [9.17, 15) is 9.18 Å². The molecule has 0 radical (unpaired) electrons. The SMILES string of the molecule is CC(C)(C)OC(=O)N(CCNc1cc(Cl)ccc1F)C(C)(C)C. The lowest BCUT2D eigenvalue weighted by Crippen LogP contribution is -2.49. The molecule has 0 aromatic heterocycles. The van der Waals surface area contributed by atoms with Crippen LogP contribution in [0.4, 0.5) is 14.9 Å². The third kappa shape index (κ3) is 6.65. The van der Waals surface area contributed by atoms with Crippen molar-refractivity contribution in [2.24, 2.45) is 0 Å². The van der Waals surface area contributed by atoms with E-state index in [1.165, 1.54) is 18.2 Å². The maximum Gasteiger partial charge on any atom is 0.410 e. The summed E-state index contributed by atoms with van der Waals surface area (Å²) in [6.45, 7) is 12.0. The van der Waals surface area contributed by atoms with Crippen molar-refractivity contribution in [3.63, 3.8) is 0 Å². The number of anilines is 1. The summed E-state index contributed by atoms with van der Waals surface area (Å²) in [4.78, 5) is 14.0.